The number of amides is 2. The van der Waals surface area contributed by atoms with E-state index < -0.39 is 0 Å². The number of rotatable bonds is 3. The molecule has 2 rings (SSSR count). The highest BCUT2D eigenvalue weighted by Crippen LogP contribution is 2.34. The summed E-state index contributed by atoms with van der Waals surface area (Å²) in [6.45, 7) is 0. The van der Waals surface area contributed by atoms with E-state index >= 15 is 0 Å². The molecule has 2 amide bonds. The van der Waals surface area contributed by atoms with Crippen molar-refractivity contribution in [2.45, 2.75) is 25.3 Å². The molecule has 4 heteroatoms. The minimum Gasteiger partial charge on any atom is -0.348 e. The van der Waals surface area contributed by atoms with E-state index in [0.717, 1.165) is 12.8 Å². The van der Waals surface area contributed by atoms with E-state index in [-0.39, 0.29) is 24.3 Å². The molecule has 1 aliphatic carbocycles. The molecule has 1 unspecified atom stereocenters. The molecule has 0 aliphatic heterocycles. The zero-order valence-corrected chi connectivity index (χ0v) is 11.7. The minimum absolute atomic E-state index is 0.0534. The Morgan fingerprint density at radius 2 is 1.84 bits per heavy atom. The summed E-state index contributed by atoms with van der Waals surface area (Å²) in [7, 11) is 5.12. The average molecular weight is 260 g/mol. The van der Waals surface area contributed by atoms with Crippen LogP contribution in [0, 0.1) is 0 Å². The van der Waals surface area contributed by atoms with Crippen LogP contribution >= 0.6 is 0 Å². The molecule has 0 aromatic heterocycles. The van der Waals surface area contributed by atoms with Crippen molar-refractivity contribution in [1.29, 1.82) is 0 Å². The molecule has 1 aromatic rings. The highest BCUT2D eigenvalue weighted by Gasteiger charge is 2.29. The van der Waals surface area contributed by atoms with Crippen LogP contribution in [0.3, 0.4) is 0 Å². The smallest absolute Gasteiger partial charge is 0.232 e. The van der Waals surface area contributed by atoms with E-state index in [0.29, 0.717) is 0 Å². The Hall–Kier alpha value is -1.84. The second-order valence-corrected chi connectivity index (χ2v) is 5.22. The van der Waals surface area contributed by atoms with Crippen molar-refractivity contribution >= 4 is 11.8 Å². The third kappa shape index (κ3) is 2.78. The standard InChI is InChI=1S/C15H20N2O2/c1-16(2)14(18)10-15(19)17(3)13-9-8-11-6-4-5-7-12(11)13/h4-7,13H,8-10H2,1-3H3. The van der Waals surface area contributed by atoms with Crippen molar-refractivity contribution in [2.75, 3.05) is 21.1 Å². The van der Waals surface area contributed by atoms with Crippen molar-refractivity contribution in [3.8, 4) is 0 Å². The zero-order valence-electron chi connectivity index (χ0n) is 11.7. The Labute approximate surface area is 114 Å². The number of carbonyl (C=O) groups is 2. The van der Waals surface area contributed by atoms with Crippen molar-refractivity contribution in [3.63, 3.8) is 0 Å². The number of aryl methyl sites for hydroxylation is 1. The number of hydrogen-bond donors (Lipinski definition) is 0. The lowest BCUT2D eigenvalue weighted by Gasteiger charge is -2.26. The van der Waals surface area contributed by atoms with E-state index in [1.54, 1.807) is 26.0 Å². The van der Waals surface area contributed by atoms with Crippen LogP contribution in [-0.2, 0) is 16.0 Å². The molecule has 4 nitrogen and oxygen atoms in total. The fourth-order valence-corrected chi connectivity index (χ4v) is 2.52. The first kappa shape index (κ1) is 13.6. The maximum absolute atomic E-state index is 12.1. The topological polar surface area (TPSA) is 40.6 Å². The highest BCUT2D eigenvalue weighted by molar-refractivity contribution is 5.96. The molecular weight excluding hydrogens is 240 g/mol. The Bertz CT molecular complexity index is 497. The van der Waals surface area contributed by atoms with Crippen LogP contribution in [0.1, 0.15) is 30.0 Å². The van der Waals surface area contributed by atoms with Gasteiger partial charge in [-0.05, 0) is 24.0 Å². The molecule has 0 fully saturated rings. The molecule has 0 spiro atoms. The van der Waals surface area contributed by atoms with Gasteiger partial charge in [-0.3, -0.25) is 9.59 Å². The third-order valence-corrected chi connectivity index (χ3v) is 3.76. The Balaban J connectivity index is 2.07. The van der Waals surface area contributed by atoms with Crippen LogP contribution in [0.5, 0.6) is 0 Å². The summed E-state index contributed by atoms with van der Waals surface area (Å²) in [5, 5.41) is 0. The van der Waals surface area contributed by atoms with Gasteiger partial charge in [0.25, 0.3) is 0 Å². The van der Waals surface area contributed by atoms with Gasteiger partial charge >= 0.3 is 0 Å². The fourth-order valence-electron chi connectivity index (χ4n) is 2.52. The maximum atomic E-state index is 12.1. The van der Waals surface area contributed by atoms with E-state index in [4.69, 9.17) is 0 Å². The third-order valence-electron chi connectivity index (χ3n) is 3.76. The van der Waals surface area contributed by atoms with Crippen LogP contribution in [0.25, 0.3) is 0 Å². The molecular formula is C15H20N2O2. The van der Waals surface area contributed by atoms with Crippen LogP contribution < -0.4 is 0 Å². The molecule has 1 atom stereocenters. The lowest BCUT2D eigenvalue weighted by atomic mass is 10.1. The second-order valence-electron chi connectivity index (χ2n) is 5.22. The SMILES string of the molecule is CN(C)C(=O)CC(=O)N(C)C1CCc2ccccc21. The number of carbonyl (C=O) groups excluding carboxylic acids is 2. The zero-order chi connectivity index (χ0) is 14.0. The lowest BCUT2D eigenvalue weighted by molar-refractivity contribution is -0.139. The van der Waals surface area contributed by atoms with Gasteiger partial charge in [-0.1, -0.05) is 24.3 Å². The first-order chi connectivity index (χ1) is 9.00. The number of fused-ring (bicyclic) bond motifs is 1. The van der Waals surface area contributed by atoms with Crippen LogP contribution in [-0.4, -0.2) is 42.8 Å². The predicted molar refractivity (Wildman–Crippen MR) is 73.6 cm³/mol. The fraction of sp³-hybridized carbons (Fsp3) is 0.467. The number of hydrogen-bond acceptors (Lipinski definition) is 2. The molecule has 0 saturated carbocycles. The Morgan fingerprint density at radius 1 is 1.16 bits per heavy atom. The minimum atomic E-state index is -0.150. The molecule has 1 aliphatic rings. The number of benzene rings is 1. The van der Waals surface area contributed by atoms with E-state index in [2.05, 4.69) is 12.1 Å². The summed E-state index contributed by atoms with van der Waals surface area (Å²) in [6, 6.07) is 8.32. The van der Waals surface area contributed by atoms with Crippen molar-refractivity contribution in [3.05, 3.63) is 35.4 Å². The number of nitrogens with zero attached hydrogens (tertiary/aromatic N) is 2. The molecule has 19 heavy (non-hydrogen) atoms. The summed E-state index contributed by atoms with van der Waals surface area (Å²) in [6.07, 6.45) is 1.89. The first-order valence-electron chi connectivity index (χ1n) is 6.54. The van der Waals surface area contributed by atoms with Crippen LogP contribution in [0.2, 0.25) is 0 Å². The van der Waals surface area contributed by atoms with Gasteiger partial charge in [-0.2, -0.15) is 0 Å². The molecule has 1 aromatic carbocycles. The largest absolute Gasteiger partial charge is 0.348 e. The van der Waals surface area contributed by atoms with Gasteiger partial charge in [-0.25, -0.2) is 0 Å². The first-order valence-corrected chi connectivity index (χ1v) is 6.54. The molecule has 0 bridgehead atoms. The van der Waals surface area contributed by atoms with Gasteiger partial charge in [0, 0.05) is 21.1 Å². The van der Waals surface area contributed by atoms with Gasteiger partial charge in [-0.15, -0.1) is 0 Å². The van der Waals surface area contributed by atoms with Crippen molar-refractivity contribution < 1.29 is 9.59 Å². The second kappa shape index (κ2) is 5.43. The van der Waals surface area contributed by atoms with Crippen molar-refractivity contribution in [2.24, 2.45) is 0 Å². The van der Waals surface area contributed by atoms with E-state index in [1.165, 1.54) is 16.0 Å². The Morgan fingerprint density at radius 3 is 2.53 bits per heavy atom. The van der Waals surface area contributed by atoms with E-state index in [9.17, 15) is 9.59 Å². The molecule has 0 radical (unpaired) electrons. The van der Waals surface area contributed by atoms with Gasteiger partial charge in [0.1, 0.15) is 6.42 Å². The maximum Gasteiger partial charge on any atom is 0.232 e. The normalized spacial score (nSPS) is 16.9. The molecule has 102 valence electrons. The summed E-state index contributed by atoms with van der Waals surface area (Å²) in [5.41, 5.74) is 2.53. The van der Waals surface area contributed by atoms with E-state index in [1.807, 2.05) is 12.1 Å². The average Bonchev–Trinajstić information content (AvgIpc) is 2.81. The predicted octanol–water partition coefficient (Wildman–Crippen LogP) is 1.61. The summed E-state index contributed by atoms with van der Waals surface area (Å²) >= 11 is 0. The van der Waals surface area contributed by atoms with Crippen LogP contribution in [0.15, 0.2) is 24.3 Å². The van der Waals surface area contributed by atoms with Gasteiger partial charge in [0.15, 0.2) is 0 Å². The summed E-state index contributed by atoms with van der Waals surface area (Å²) in [4.78, 5) is 26.9. The summed E-state index contributed by atoms with van der Waals surface area (Å²) < 4.78 is 0. The van der Waals surface area contributed by atoms with Gasteiger partial charge in [0.05, 0.1) is 6.04 Å². The van der Waals surface area contributed by atoms with Crippen LogP contribution in [0.4, 0.5) is 0 Å². The highest BCUT2D eigenvalue weighted by atomic mass is 16.2. The lowest BCUT2D eigenvalue weighted by Crippen LogP contribution is -2.34. The molecule has 0 heterocycles. The quantitative estimate of drug-likeness (QED) is 0.775. The van der Waals surface area contributed by atoms with Gasteiger partial charge in [0.2, 0.25) is 11.8 Å². The monoisotopic (exact) mass is 260 g/mol. The van der Waals surface area contributed by atoms with Gasteiger partial charge < -0.3 is 9.80 Å². The molecule has 0 N–H and O–H groups in total. The molecule has 0 saturated heterocycles. The Kier molecular flexibility index (Phi) is 3.88. The summed E-state index contributed by atoms with van der Waals surface area (Å²) in [5.74, 6) is -0.261. The van der Waals surface area contributed by atoms with Crippen molar-refractivity contribution in [1.82, 2.24) is 9.80 Å².